The van der Waals surface area contributed by atoms with Gasteiger partial charge in [-0.15, -0.1) is 5.10 Å². The molecular formula is C19H20N4O. The maximum atomic E-state index is 12.8. The van der Waals surface area contributed by atoms with Crippen LogP contribution in [0.15, 0.2) is 54.6 Å². The number of hydrogen-bond acceptors (Lipinski definition) is 3. The molecule has 1 saturated heterocycles. The van der Waals surface area contributed by atoms with E-state index in [1.54, 1.807) is 4.68 Å². The molecule has 1 atom stereocenters. The Balaban J connectivity index is 1.49. The molecule has 122 valence electrons. The molecule has 1 aliphatic heterocycles. The van der Waals surface area contributed by atoms with Crippen LogP contribution in [0.3, 0.4) is 0 Å². The topological polar surface area (TPSA) is 51.0 Å². The van der Waals surface area contributed by atoms with E-state index in [2.05, 4.69) is 34.6 Å². The Kier molecular flexibility index (Phi) is 3.99. The average molecular weight is 320 g/mol. The SMILES string of the molecule is O=C(Cn1nnc2ccccc21)N1CCC[C@H]1Cc1ccccc1. The number of amides is 1. The first-order chi connectivity index (χ1) is 11.8. The Hall–Kier alpha value is -2.69. The molecule has 5 heteroatoms. The third kappa shape index (κ3) is 2.89. The van der Waals surface area contributed by atoms with Crippen LogP contribution >= 0.6 is 0 Å². The first-order valence-electron chi connectivity index (χ1n) is 8.43. The summed E-state index contributed by atoms with van der Waals surface area (Å²) in [6.45, 7) is 1.09. The summed E-state index contributed by atoms with van der Waals surface area (Å²) in [5, 5.41) is 8.26. The number of carbonyl (C=O) groups excluding carboxylic acids is 1. The van der Waals surface area contributed by atoms with Gasteiger partial charge in [0.25, 0.3) is 0 Å². The van der Waals surface area contributed by atoms with E-state index in [-0.39, 0.29) is 18.5 Å². The molecule has 5 nitrogen and oxygen atoms in total. The summed E-state index contributed by atoms with van der Waals surface area (Å²) in [6, 6.07) is 18.4. The maximum absolute atomic E-state index is 12.8. The fourth-order valence-electron chi connectivity index (χ4n) is 3.52. The largest absolute Gasteiger partial charge is 0.338 e. The zero-order chi connectivity index (χ0) is 16.4. The molecule has 1 amide bonds. The number of carbonyl (C=O) groups is 1. The van der Waals surface area contributed by atoms with Crippen LogP contribution in [-0.2, 0) is 17.8 Å². The van der Waals surface area contributed by atoms with Crippen molar-refractivity contribution in [2.45, 2.75) is 31.8 Å². The van der Waals surface area contributed by atoms with Crippen molar-refractivity contribution in [1.29, 1.82) is 0 Å². The van der Waals surface area contributed by atoms with Crippen molar-refractivity contribution < 1.29 is 4.79 Å². The van der Waals surface area contributed by atoms with Crippen LogP contribution in [0.1, 0.15) is 18.4 Å². The monoisotopic (exact) mass is 320 g/mol. The predicted octanol–water partition coefficient (Wildman–Crippen LogP) is 2.67. The molecule has 0 saturated carbocycles. The van der Waals surface area contributed by atoms with Crippen molar-refractivity contribution in [3.8, 4) is 0 Å². The molecule has 3 aromatic rings. The van der Waals surface area contributed by atoms with E-state index in [0.717, 1.165) is 36.8 Å². The first kappa shape index (κ1) is 14.9. The smallest absolute Gasteiger partial charge is 0.244 e. The molecule has 0 unspecified atom stereocenters. The van der Waals surface area contributed by atoms with Crippen molar-refractivity contribution in [2.24, 2.45) is 0 Å². The number of para-hydroxylation sites is 1. The summed E-state index contributed by atoms with van der Waals surface area (Å²) in [5.74, 6) is 0.129. The zero-order valence-corrected chi connectivity index (χ0v) is 13.5. The molecular weight excluding hydrogens is 300 g/mol. The molecule has 4 rings (SSSR count). The molecule has 24 heavy (non-hydrogen) atoms. The second-order valence-electron chi connectivity index (χ2n) is 6.31. The Labute approximate surface area is 140 Å². The quantitative estimate of drug-likeness (QED) is 0.742. The summed E-state index contributed by atoms with van der Waals surface area (Å²) in [5.41, 5.74) is 3.02. The molecule has 0 aliphatic carbocycles. The van der Waals surface area contributed by atoms with Gasteiger partial charge in [-0.1, -0.05) is 47.7 Å². The number of rotatable bonds is 4. The number of hydrogen-bond donors (Lipinski definition) is 0. The molecule has 1 aliphatic rings. The normalized spacial score (nSPS) is 17.5. The molecule has 1 aromatic heterocycles. The van der Waals surface area contributed by atoms with Gasteiger partial charge in [0, 0.05) is 12.6 Å². The highest BCUT2D eigenvalue weighted by molar-refractivity contribution is 5.80. The minimum absolute atomic E-state index is 0.129. The second-order valence-corrected chi connectivity index (χ2v) is 6.31. The first-order valence-corrected chi connectivity index (χ1v) is 8.43. The number of likely N-dealkylation sites (tertiary alicyclic amines) is 1. The van der Waals surface area contributed by atoms with Gasteiger partial charge in [0.2, 0.25) is 5.91 Å². The number of fused-ring (bicyclic) bond motifs is 1. The predicted molar refractivity (Wildman–Crippen MR) is 92.4 cm³/mol. The summed E-state index contributed by atoms with van der Waals surface area (Å²) in [7, 11) is 0. The standard InChI is InChI=1S/C19H20N4O/c24-19(14-23-18-11-5-4-10-17(18)20-21-23)22-12-6-9-16(22)13-15-7-2-1-3-8-15/h1-5,7-8,10-11,16H,6,9,12-14H2/t16-/m0/s1. The molecule has 0 N–H and O–H groups in total. The van der Waals surface area contributed by atoms with Gasteiger partial charge in [-0.3, -0.25) is 4.79 Å². The van der Waals surface area contributed by atoms with E-state index < -0.39 is 0 Å². The highest BCUT2D eigenvalue weighted by atomic mass is 16.2. The Morgan fingerprint density at radius 1 is 1.08 bits per heavy atom. The van der Waals surface area contributed by atoms with E-state index in [9.17, 15) is 4.79 Å². The van der Waals surface area contributed by atoms with Crippen molar-refractivity contribution >= 4 is 16.9 Å². The van der Waals surface area contributed by atoms with Crippen molar-refractivity contribution in [1.82, 2.24) is 19.9 Å². The Morgan fingerprint density at radius 2 is 1.88 bits per heavy atom. The van der Waals surface area contributed by atoms with Crippen LogP contribution in [0.25, 0.3) is 11.0 Å². The third-order valence-corrected chi connectivity index (χ3v) is 4.72. The van der Waals surface area contributed by atoms with Crippen LogP contribution in [0.4, 0.5) is 0 Å². The molecule has 0 bridgehead atoms. The fourth-order valence-corrected chi connectivity index (χ4v) is 3.52. The van der Waals surface area contributed by atoms with E-state index in [0.29, 0.717) is 0 Å². The molecule has 1 fully saturated rings. The lowest BCUT2D eigenvalue weighted by Gasteiger charge is -2.25. The summed E-state index contributed by atoms with van der Waals surface area (Å²) in [4.78, 5) is 14.8. The van der Waals surface area contributed by atoms with Crippen LogP contribution < -0.4 is 0 Å². The lowest BCUT2D eigenvalue weighted by Crippen LogP contribution is -2.39. The van der Waals surface area contributed by atoms with Crippen LogP contribution in [0.5, 0.6) is 0 Å². The van der Waals surface area contributed by atoms with Crippen molar-refractivity contribution in [3.05, 3.63) is 60.2 Å². The van der Waals surface area contributed by atoms with Crippen molar-refractivity contribution in [2.75, 3.05) is 6.54 Å². The number of aromatic nitrogens is 3. The number of benzene rings is 2. The molecule has 2 aromatic carbocycles. The van der Waals surface area contributed by atoms with Gasteiger partial charge in [-0.25, -0.2) is 4.68 Å². The van der Waals surface area contributed by atoms with Crippen molar-refractivity contribution in [3.63, 3.8) is 0 Å². The Bertz CT molecular complexity index is 843. The minimum atomic E-state index is 0.129. The second kappa shape index (κ2) is 6.43. The van der Waals surface area contributed by atoms with Gasteiger partial charge >= 0.3 is 0 Å². The van der Waals surface area contributed by atoms with Gasteiger partial charge in [-0.05, 0) is 37.0 Å². The average Bonchev–Trinajstić information content (AvgIpc) is 3.23. The van der Waals surface area contributed by atoms with Crippen LogP contribution in [0, 0.1) is 0 Å². The van der Waals surface area contributed by atoms with Gasteiger partial charge in [-0.2, -0.15) is 0 Å². The lowest BCUT2D eigenvalue weighted by molar-refractivity contribution is -0.132. The number of nitrogens with zero attached hydrogens (tertiary/aromatic N) is 4. The van der Waals surface area contributed by atoms with Gasteiger partial charge in [0.05, 0.1) is 5.52 Å². The van der Waals surface area contributed by atoms with E-state index in [1.165, 1.54) is 5.56 Å². The highest BCUT2D eigenvalue weighted by Crippen LogP contribution is 2.22. The molecule has 0 radical (unpaired) electrons. The lowest BCUT2D eigenvalue weighted by atomic mass is 10.0. The molecule has 0 spiro atoms. The Morgan fingerprint density at radius 3 is 2.75 bits per heavy atom. The fraction of sp³-hybridized carbons (Fsp3) is 0.316. The van der Waals surface area contributed by atoms with E-state index in [1.807, 2.05) is 35.2 Å². The van der Waals surface area contributed by atoms with Crippen LogP contribution in [-0.4, -0.2) is 38.4 Å². The van der Waals surface area contributed by atoms with Gasteiger partial charge < -0.3 is 4.90 Å². The maximum Gasteiger partial charge on any atom is 0.244 e. The summed E-state index contributed by atoms with van der Waals surface area (Å²) >= 11 is 0. The summed E-state index contributed by atoms with van der Waals surface area (Å²) < 4.78 is 1.70. The zero-order valence-electron chi connectivity index (χ0n) is 13.5. The summed E-state index contributed by atoms with van der Waals surface area (Å²) in [6.07, 6.45) is 3.06. The highest BCUT2D eigenvalue weighted by Gasteiger charge is 2.29. The van der Waals surface area contributed by atoms with Gasteiger partial charge in [0.15, 0.2) is 0 Å². The van der Waals surface area contributed by atoms with Gasteiger partial charge in [0.1, 0.15) is 12.1 Å². The van der Waals surface area contributed by atoms with Crippen LogP contribution in [0.2, 0.25) is 0 Å². The minimum Gasteiger partial charge on any atom is -0.338 e. The van der Waals surface area contributed by atoms with E-state index >= 15 is 0 Å². The van der Waals surface area contributed by atoms with E-state index in [4.69, 9.17) is 0 Å². The molecule has 2 heterocycles. The third-order valence-electron chi connectivity index (χ3n) is 4.72.